The molecule has 0 amide bonds. The van der Waals surface area contributed by atoms with Gasteiger partial charge in [0.2, 0.25) is 0 Å². The summed E-state index contributed by atoms with van der Waals surface area (Å²) in [6.45, 7) is 4.27. The van der Waals surface area contributed by atoms with E-state index in [2.05, 4.69) is 24.3 Å². The molecule has 21 heavy (non-hydrogen) atoms. The van der Waals surface area contributed by atoms with Crippen molar-refractivity contribution in [2.75, 3.05) is 12.4 Å². The molecule has 1 aromatic heterocycles. The van der Waals surface area contributed by atoms with E-state index in [0.29, 0.717) is 11.7 Å². The van der Waals surface area contributed by atoms with E-state index in [9.17, 15) is 9.90 Å². The van der Waals surface area contributed by atoms with Crippen LogP contribution in [-0.4, -0.2) is 27.9 Å². The second-order valence-electron chi connectivity index (χ2n) is 5.73. The van der Waals surface area contributed by atoms with Crippen molar-refractivity contribution in [3.63, 3.8) is 0 Å². The number of carboxylic acids is 1. The summed E-state index contributed by atoms with van der Waals surface area (Å²) in [5, 5.41) is 16.7. The summed E-state index contributed by atoms with van der Waals surface area (Å²) < 4.78 is 1.82. The molecule has 0 aromatic carbocycles. The molecule has 1 fully saturated rings. The van der Waals surface area contributed by atoms with E-state index >= 15 is 0 Å². The number of carbonyl (C=O) groups is 1. The maximum atomic E-state index is 11.3. The topological polar surface area (TPSA) is 67.2 Å². The molecule has 0 aliphatic heterocycles. The van der Waals surface area contributed by atoms with Crippen LogP contribution in [0, 0.1) is 5.92 Å². The number of allylic oxidation sites excluding steroid dienone is 2. The quantitative estimate of drug-likeness (QED) is 0.865. The van der Waals surface area contributed by atoms with Crippen LogP contribution in [0.4, 0.5) is 5.82 Å². The summed E-state index contributed by atoms with van der Waals surface area (Å²) in [6.07, 6.45) is 8.51. The number of nitrogens with zero attached hydrogens (tertiary/aromatic N) is 2. The van der Waals surface area contributed by atoms with Crippen LogP contribution in [0.3, 0.4) is 0 Å². The first kappa shape index (κ1) is 15.6. The molecule has 0 unspecified atom stereocenters. The van der Waals surface area contributed by atoms with Gasteiger partial charge in [0.15, 0.2) is 0 Å². The molecule has 0 radical (unpaired) electrons. The highest BCUT2D eigenvalue weighted by Gasteiger charge is 2.25. The molecule has 1 saturated carbocycles. The van der Waals surface area contributed by atoms with E-state index in [1.54, 1.807) is 7.05 Å². The van der Waals surface area contributed by atoms with E-state index < -0.39 is 5.97 Å². The first-order chi connectivity index (χ1) is 10.1. The standard InChI is InChI=1S/C16H25N3O2/c1-4-11(2)14(12-8-6-5-7-9-12)19-15(17-3)13(10-18-19)16(20)21/h10,12,17H,4-9H2,1-3H3,(H,20,21)/b14-11-. The normalized spacial score (nSPS) is 17.5. The van der Waals surface area contributed by atoms with Crippen LogP contribution in [0.2, 0.25) is 0 Å². The van der Waals surface area contributed by atoms with Gasteiger partial charge in [-0.25, -0.2) is 9.48 Å². The minimum Gasteiger partial charge on any atom is -0.477 e. The zero-order valence-electron chi connectivity index (χ0n) is 13.1. The lowest BCUT2D eigenvalue weighted by Gasteiger charge is -2.27. The van der Waals surface area contributed by atoms with Crippen LogP contribution < -0.4 is 5.32 Å². The third-order valence-corrected chi connectivity index (χ3v) is 4.42. The summed E-state index contributed by atoms with van der Waals surface area (Å²) in [5.41, 5.74) is 2.71. The van der Waals surface area contributed by atoms with Gasteiger partial charge in [-0.05, 0) is 26.2 Å². The molecule has 2 N–H and O–H groups in total. The summed E-state index contributed by atoms with van der Waals surface area (Å²) >= 11 is 0. The Balaban J connectivity index is 2.49. The molecule has 1 heterocycles. The van der Waals surface area contributed by atoms with E-state index in [0.717, 1.165) is 19.3 Å². The summed E-state index contributed by atoms with van der Waals surface area (Å²) in [7, 11) is 1.75. The first-order valence-corrected chi connectivity index (χ1v) is 7.79. The zero-order chi connectivity index (χ0) is 15.4. The maximum Gasteiger partial charge on any atom is 0.341 e. The molecule has 1 aromatic rings. The molecule has 1 aliphatic rings. The van der Waals surface area contributed by atoms with E-state index in [4.69, 9.17) is 0 Å². The van der Waals surface area contributed by atoms with Crippen LogP contribution in [0.1, 0.15) is 62.7 Å². The first-order valence-electron chi connectivity index (χ1n) is 7.79. The molecule has 2 rings (SSSR count). The molecule has 0 saturated heterocycles. The van der Waals surface area contributed by atoms with Crippen molar-refractivity contribution in [2.45, 2.75) is 52.4 Å². The summed E-state index contributed by atoms with van der Waals surface area (Å²) in [4.78, 5) is 11.3. The van der Waals surface area contributed by atoms with Gasteiger partial charge >= 0.3 is 5.97 Å². The van der Waals surface area contributed by atoms with Crippen molar-refractivity contribution in [3.05, 3.63) is 17.3 Å². The number of hydrogen-bond donors (Lipinski definition) is 2. The van der Waals surface area contributed by atoms with Gasteiger partial charge in [0.1, 0.15) is 11.4 Å². The van der Waals surface area contributed by atoms with Gasteiger partial charge in [0.05, 0.1) is 6.20 Å². The van der Waals surface area contributed by atoms with Gasteiger partial charge in [-0.3, -0.25) is 0 Å². The number of aromatic carboxylic acids is 1. The Labute approximate surface area is 126 Å². The average molecular weight is 291 g/mol. The highest BCUT2D eigenvalue weighted by Crippen LogP contribution is 2.36. The SMILES string of the molecule is CC/C(C)=C(/C1CCCCC1)n1ncc(C(=O)O)c1NC. The van der Waals surface area contributed by atoms with Crippen molar-refractivity contribution in [2.24, 2.45) is 5.92 Å². The Morgan fingerprint density at radius 2 is 2.10 bits per heavy atom. The highest BCUT2D eigenvalue weighted by molar-refractivity contribution is 5.93. The number of hydrogen-bond acceptors (Lipinski definition) is 3. The largest absolute Gasteiger partial charge is 0.477 e. The zero-order valence-corrected chi connectivity index (χ0v) is 13.1. The van der Waals surface area contributed by atoms with Crippen molar-refractivity contribution in [1.82, 2.24) is 9.78 Å². The Morgan fingerprint density at radius 3 is 2.62 bits per heavy atom. The van der Waals surface area contributed by atoms with Crippen LogP contribution in [-0.2, 0) is 0 Å². The van der Waals surface area contributed by atoms with Gasteiger partial charge in [0.25, 0.3) is 0 Å². The monoisotopic (exact) mass is 291 g/mol. The fourth-order valence-electron chi connectivity index (χ4n) is 3.19. The predicted molar refractivity (Wildman–Crippen MR) is 84.5 cm³/mol. The van der Waals surface area contributed by atoms with Gasteiger partial charge in [0, 0.05) is 18.7 Å². The van der Waals surface area contributed by atoms with Crippen molar-refractivity contribution in [3.8, 4) is 0 Å². The van der Waals surface area contributed by atoms with Crippen molar-refractivity contribution < 1.29 is 9.90 Å². The molecule has 116 valence electrons. The second-order valence-corrected chi connectivity index (χ2v) is 5.73. The lowest BCUT2D eigenvalue weighted by Crippen LogP contribution is -2.17. The number of rotatable bonds is 5. The Morgan fingerprint density at radius 1 is 1.43 bits per heavy atom. The van der Waals surface area contributed by atoms with Crippen LogP contribution in [0.15, 0.2) is 11.8 Å². The summed E-state index contributed by atoms with van der Waals surface area (Å²) in [5.74, 6) is 0.117. The molecule has 1 aliphatic carbocycles. The van der Waals surface area contributed by atoms with E-state index in [1.807, 2.05) is 4.68 Å². The van der Waals surface area contributed by atoms with E-state index in [1.165, 1.54) is 36.7 Å². The lowest BCUT2D eigenvalue weighted by molar-refractivity contribution is 0.0698. The fraction of sp³-hybridized carbons (Fsp3) is 0.625. The van der Waals surface area contributed by atoms with Crippen LogP contribution in [0.25, 0.3) is 5.70 Å². The predicted octanol–water partition coefficient (Wildman–Crippen LogP) is 3.84. The highest BCUT2D eigenvalue weighted by atomic mass is 16.4. The van der Waals surface area contributed by atoms with Crippen LogP contribution in [0.5, 0.6) is 0 Å². The van der Waals surface area contributed by atoms with Gasteiger partial charge in [-0.2, -0.15) is 5.10 Å². The van der Waals surface area contributed by atoms with E-state index in [-0.39, 0.29) is 5.56 Å². The fourth-order valence-corrected chi connectivity index (χ4v) is 3.19. The van der Waals surface area contributed by atoms with Gasteiger partial charge in [-0.15, -0.1) is 0 Å². The van der Waals surface area contributed by atoms with Crippen LogP contribution >= 0.6 is 0 Å². The third-order valence-electron chi connectivity index (χ3n) is 4.42. The number of nitrogens with one attached hydrogen (secondary N) is 1. The average Bonchev–Trinajstić information content (AvgIpc) is 2.92. The smallest absolute Gasteiger partial charge is 0.341 e. The molecular weight excluding hydrogens is 266 g/mol. The Hall–Kier alpha value is -1.78. The molecule has 5 heteroatoms. The number of aromatic nitrogens is 2. The molecule has 0 bridgehead atoms. The van der Waals surface area contributed by atoms with Crippen molar-refractivity contribution >= 4 is 17.5 Å². The third kappa shape index (κ3) is 3.12. The summed E-state index contributed by atoms with van der Waals surface area (Å²) in [6, 6.07) is 0. The van der Waals surface area contributed by atoms with Crippen molar-refractivity contribution in [1.29, 1.82) is 0 Å². The molecular formula is C16H25N3O2. The number of anilines is 1. The Bertz CT molecular complexity index is 540. The van der Waals surface area contributed by atoms with Gasteiger partial charge < -0.3 is 10.4 Å². The maximum absolute atomic E-state index is 11.3. The minimum atomic E-state index is -0.942. The molecule has 0 spiro atoms. The Kier molecular flexibility index (Phi) is 5.04. The van der Waals surface area contributed by atoms with Gasteiger partial charge in [-0.1, -0.05) is 31.8 Å². The second kappa shape index (κ2) is 6.78. The lowest BCUT2D eigenvalue weighted by atomic mass is 9.85. The molecule has 0 atom stereocenters. The minimum absolute atomic E-state index is 0.231. The molecule has 5 nitrogen and oxygen atoms in total. The number of carboxylic acid groups (broad SMARTS) is 1.